The van der Waals surface area contributed by atoms with Gasteiger partial charge >= 0.3 is 6.03 Å². The molecule has 1 aromatic heterocycles. The molecule has 0 unspecified atom stereocenters. The highest BCUT2D eigenvalue weighted by Gasteiger charge is 2.19. The van der Waals surface area contributed by atoms with E-state index in [1.807, 2.05) is 12.1 Å². The minimum atomic E-state index is -0.436. The summed E-state index contributed by atoms with van der Waals surface area (Å²) in [5, 5.41) is 14.4. The summed E-state index contributed by atoms with van der Waals surface area (Å²) in [5.74, 6) is 0.220. The quantitative estimate of drug-likeness (QED) is 0.290. The molecule has 1 aliphatic heterocycles. The second-order valence-electron chi connectivity index (χ2n) is 6.46. The number of carbonyl (C=O) groups is 2. The van der Waals surface area contributed by atoms with Crippen LogP contribution in [0, 0.1) is 0 Å². The number of carbonyl (C=O) groups excluding carboxylic acids is 2. The molecule has 2 heterocycles. The van der Waals surface area contributed by atoms with Crippen molar-refractivity contribution in [1.29, 1.82) is 0 Å². The van der Waals surface area contributed by atoms with E-state index in [9.17, 15) is 9.59 Å². The summed E-state index contributed by atoms with van der Waals surface area (Å²) in [7, 11) is 1.60. The van der Waals surface area contributed by atoms with Crippen molar-refractivity contribution in [2.45, 2.75) is 19.3 Å². The molecule has 3 amide bonds. The molecular weight excluding hydrogens is 398 g/mol. The van der Waals surface area contributed by atoms with Gasteiger partial charge in [-0.15, -0.1) is 0 Å². The maximum absolute atomic E-state index is 12.2. The van der Waals surface area contributed by atoms with Crippen molar-refractivity contribution in [3.63, 3.8) is 0 Å². The van der Waals surface area contributed by atoms with Gasteiger partial charge in [0.2, 0.25) is 5.91 Å². The Hall–Kier alpha value is -2.63. The average molecular weight is 423 g/mol. The molecule has 0 saturated carbocycles. The number of hydrogen-bond donors (Lipinski definition) is 4. The van der Waals surface area contributed by atoms with Gasteiger partial charge in [-0.2, -0.15) is 0 Å². The van der Waals surface area contributed by atoms with E-state index in [0.29, 0.717) is 49.0 Å². The first kappa shape index (κ1) is 21.1. The highest BCUT2D eigenvalue weighted by Crippen LogP contribution is 2.39. The van der Waals surface area contributed by atoms with E-state index >= 15 is 0 Å². The van der Waals surface area contributed by atoms with Crippen LogP contribution in [-0.2, 0) is 9.53 Å². The van der Waals surface area contributed by atoms with Crippen LogP contribution in [0.2, 0.25) is 0 Å². The number of anilines is 2. The Labute approximate surface area is 172 Å². The first-order chi connectivity index (χ1) is 14.1. The molecule has 0 radical (unpaired) electrons. The van der Waals surface area contributed by atoms with Gasteiger partial charge in [0, 0.05) is 26.1 Å². The van der Waals surface area contributed by atoms with Crippen LogP contribution >= 0.6 is 11.3 Å². The Bertz CT molecular complexity index is 853. The molecule has 158 valence electrons. The van der Waals surface area contributed by atoms with Gasteiger partial charge in [-0.1, -0.05) is 11.3 Å². The van der Waals surface area contributed by atoms with E-state index < -0.39 is 5.91 Å². The van der Waals surface area contributed by atoms with Crippen molar-refractivity contribution in [2.24, 2.45) is 0 Å². The number of hydroxylamine groups is 1. The van der Waals surface area contributed by atoms with E-state index in [2.05, 4.69) is 20.5 Å². The van der Waals surface area contributed by atoms with Gasteiger partial charge in [0.15, 0.2) is 5.13 Å². The highest BCUT2D eigenvalue weighted by molar-refractivity contribution is 7.23. The third-order valence-corrected chi connectivity index (χ3v) is 5.51. The maximum atomic E-state index is 12.2. The summed E-state index contributed by atoms with van der Waals surface area (Å²) in [6.45, 7) is 3.38. The van der Waals surface area contributed by atoms with Gasteiger partial charge in [0.25, 0.3) is 0 Å². The number of amides is 3. The van der Waals surface area contributed by atoms with Crippen LogP contribution in [0.4, 0.5) is 15.6 Å². The summed E-state index contributed by atoms with van der Waals surface area (Å²) in [5.41, 5.74) is 3.35. The Morgan fingerprint density at radius 3 is 2.83 bits per heavy atom. The number of aromatic nitrogens is 1. The molecule has 0 aliphatic carbocycles. The normalized spacial score (nSPS) is 13.9. The number of unbranched alkanes of at least 4 members (excludes halogenated alkanes) is 1. The monoisotopic (exact) mass is 423 g/mol. The van der Waals surface area contributed by atoms with Crippen LogP contribution < -0.4 is 25.8 Å². The first-order valence-corrected chi connectivity index (χ1v) is 10.2. The van der Waals surface area contributed by atoms with Crippen LogP contribution in [0.25, 0.3) is 10.2 Å². The number of hydrogen-bond acceptors (Lipinski definition) is 8. The molecule has 1 fully saturated rings. The van der Waals surface area contributed by atoms with Crippen molar-refractivity contribution < 1.29 is 24.3 Å². The molecule has 0 bridgehead atoms. The predicted molar refractivity (Wildman–Crippen MR) is 110 cm³/mol. The molecule has 0 atom stereocenters. The fourth-order valence-corrected chi connectivity index (χ4v) is 4.07. The van der Waals surface area contributed by atoms with Gasteiger partial charge in [-0.05, 0) is 25.0 Å². The lowest BCUT2D eigenvalue weighted by molar-refractivity contribution is -0.129. The summed E-state index contributed by atoms with van der Waals surface area (Å²) in [4.78, 5) is 29.9. The Morgan fingerprint density at radius 2 is 2.10 bits per heavy atom. The highest BCUT2D eigenvalue weighted by atomic mass is 32.1. The number of urea groups is 1. The van der Waals surface area contributed by atoms with Crippen LogP contribution in [-0.4, -0.2) is 62.1 Å². The van der Waals surface area contributed by atoms with E-state index in [0.717, 1.165) is 23.5 Å². The Morgan fingerprint density at radius 1 is 1.31 bits per heavy atom. The van der Waals surface area contributed by atoms with Gasteiger partial charge < -0.3 is 19.7 Å². The van der Waals surface area contributed by atoms with Crippen LogP contribution in [0.3, 0.4) is 0 Å². The second-order valence-corrected chi connectivity index (χ2v) is 7.46. The topological polar surface area (TPSA) is 125 Å². The number of nitrogens with one attached hydrogen (secondary N) is 3. The Balaban J connectivity index is 1.63. The number of methoxy groups -OCH3 is 1. The Kier molecular flexibility index (Phi) is 7.44. The maximum Gasteiger partial charge on any atom is 0.321 e. The van der Waals surface area contributed by atoms with Crippen molar-refractivity contribution in [2.75, 3.05) is 50.2 Å². The second kappa shape index (κ2) is 10.2. The molecule has 10 nitrogen and oxygen atoms in total. The van der Waals surface area contributed by atoms with Crippen LogP contribution in [0.1, 0.15) is 19.3 Å². The zero-order chi connectivity index (χ0) is 20.6. The minimum absolute atomic E-state index is 0.210. The van der Waals surface area contributed by atoms with Gasteiger partial charge in [0.05, 0.1) is 30.7 Å². The number of rotatable bonds is 8. The van der Waals surface area contributed by atoms with Gasteiger partial charge in [-0.3, -0.25) is 15.3 Å². The third-order valence-electron chi connectivity index (χ3n) is 4.52. The van der Waals surface area contributed by atoms with E-state index in [-0.39, 0.29) is 12.5 Å². The molecule has 1 aliphatic rings. The largest absolute Gasteiger partial charge is 0.494 e. The molecule has 1 aromatic carbocycles. The van der Waals surface area contributed by atoms with Crippen molar-refractivity contribution >= 4 is 44.3 Å². The zero-order valence-corrected chi connectivity index (χ0v) is 17.0. The number of ether oxygens (including phenoxy) is 2. The number of fused-ring (bicyclic) bond motifs is 1. The lowest BCUT2D eigenvalue weighted by Crippen LogP contribution is -2.36. The van der Waals surface area contributed by atoms with Gasteiger partial charge in [-0.25, -0.2) is 15.3 Å². The van der Waals surface area contributed by atoms with Crippen molar-refractivity contribution in [3.8, 4) is 5.75 Å². The van der Waals surface area contributed by atoms with Crippen LogP contribution in [0.15, 0.2) is 12.1 Å². The number of nitrogens with zero attached hydrogens (tertiary/aromatic N) is 2. The van der Waals surface area contributed by atoms with E-state index in [1.54, 1.807) is 12.6 Å². The fraction of sp³-hybridized carbons (Fsp3) is 0.500. The summed E-state index contributed by atoms with van der Waals surface area (Å²) >= 11 is 1.40. The zero-order valence-electron chi connectivity index (χ0n) is 16.2. The number of benzene rings is 1. The summed E-state index contributed by atoms with van der Waals surface area (Å²) < 4.78 is 11.8. The lowest BCUT2D eigenvalue weighted by Gasteiger charge is -2.29. The molecule has 2 aromatic rings. The molecule has 29 heavy (non-hydrogen) atoms. The third kappa shape index (κ3) is 5.46. The minimum Gasteiger partial charge on any atom is -0.494 e. The van der Waals surface area contributed by atoms with Gasteiger partial charge in [0.1, 0.15) is 11.3 Å². The van der Waals surface area contributed by atoms with Crippen molar-refractivity contribution in [1.82, 2.24) is 15.8 Å². The molecule has 11 heteroatoms. The SMILES string of the molecule is COc1ccc(N2CCOCC2)c2sc(NC(=O)NCCCCC(=O)NO)nc12. The molecule has 4 N–H and O–H groups in total. The lowest BCUT2D eigenvalue weighted by atomic mass is 10.2. The summed E-state index contributed by atoms with van der Waals surface area (Å²) in [6.07, 6.45) is 1.39. The van der Waals surface area contributed by atoms with E-state index in [1.165, 1.54) is 11.3 Å². The fourth-order valence-electron chi connectivity index (χ4n) is 3.05. The predicted octanol–water partition coefficient (Wildman–Crippen LogP) is 1.94. The number of morpholine rings is 1. The van der Waals surface area contributed by atoms with Crippen molar-refractivity contribution in [3.05, 3.63) is 12.1 Å². The van der Waals surface area contributed by atoms with E-state index in [4.69, 9.17) is 14.7 Å². The first-order valence-electron chi connectivity index (χ1n) is 9.40. The molecular formula is C18H25N5O5S. The van der Waals surface area contributed by atoms with Crippen LogP contribution in [0.5, 0.6) is 5.75 Å². The summed E-state index contributed by atoms with van der Waals surface area (Å²) in [6, 6.07) is 3.54. The molecule has 1 saturated heterocycles. The number of thiazole rings is 1. The molecule has 0 spiro atoms. The smallest absolute Gasteiger partial charge is 0.321 e. The standard InChI is InChI=1S/C18H25N5O5S/c1-27-13-6-5-12(23-8-10-28-11-9-23)16-15(13)20-18(29-16)21-17(25)19-7-3-2-4-14(24)22-26/h5-6,26H,2-4,7-11H2,1H3,(H,22,24)(H2,19,20,21,25). The average Bonchev–Trinajstić information content (AvgIpc) is 3.16. The molecule has 3 rings (SSSR count).